The largest absolute Gasteiger partial charge is 0.384 e. The number of aryl methyl sites for hydroxylation is 1. The molecule has 0 saturated heterocycles. The van der Waals surface area contributed by atoms with Crippen molar-refractivity contribution in [3.05, 3.63) is 29.3 Å². The van der Waals surface area contributed by atoms with E-state index < -0.39 is 10.0 Å². The first-order chi connectivity index (χ1) is 8.48. The summed E-state index contributed by atoms with van der Waals surface area (Å²) in [5, 5.41) is 8.68. The lowest BCUT2D eigenvalue weighted by Crippen LogP contribution is -2.17. The van der Waals surface area contributed by atoms with E-state index in [1.54, 1.807) is 12.1 Å². The second kappa shape index (κ2) is 6.43. The Balaban J connectivity index is 3.10. The lowest BCUT2D eigenvalue weighted by Gasteiger charge is -2.10. The molecule has 18 heavy (non-hydrogen) atoms. The van der Waals surface area contributed by atoms with E-state index >= 15 is 0 Å². The molecule has 0 spiro atoms. The van der Waals surface area contributed by atoms with Gasteiger partial charge in [-0.15, -0.1) is 0 Å². The van der Waals surface area contributed by atoms with Gasteiger partial charge in [0, 0.05) is 5.56 Å². The first kappa shape index (κ1) is 14.6. The van der Waals surface area contributed by atoms with Crippen LogP contribution in [-0.2, 0) is 10.0 Å². The van der Waals surface area contributed by atoms with Crippen LogP contribution in [0.2, 0.25) is 0 Å². The van der Waals surface area contributed by atoms with Crippen LogP contribution < -0.4 is 4.72 Å². The fourth-order valence-corrected chi connectivity index (χ4v) is 2.62. The Labute approximate surface area is 108 Å². The zero-order chi connectivity index (χ0) is 13.6. The Morgan fingerprint density at radius 2 is 2.11 bits per heavy atom. The number of nitrogens with one attached hydrogen (secondary N) is 1. The summed E-state index contributed by atoms with van der Waals surface area (Å²) in [5.41, 5.74) is 1.97. The van der Waals surface area contributed by atoms with Gasteiger partial charge in [0.1, 0.15) is 6.61 Å². The Kier molecular flexibility index (Phi) is 5.20. The van der Waals surface area contributed by atoms with Crippen molar-refractivity contribution >= 4 is 15.7 Å². The Hall–Kier alpha value is -1.51. The summed E-state index contributed by atoms with van der Waals surface area (Å²) in [7, 11) is -3.33. The van der Waals surface area contributed by atoms with Crippen LogP contribution in [0.25, 0.3) is 0 Å². The number of anilines is 1. The third-order valence-electron chi connectivity index (χ3n) is 2.22. The molecule has 98 valence electrons. The molecule has 1 aromatic rings. The van der Waals surface area contributed by atoms with E-state index in [1.807, 2.05) is 19.9 Å². The summed E-state index contributed by atoms with van der Waals surface area (Å²) < 4.78 is 26.0. The van der Waals surface area contributed by atoms with Gasteiger partial charge in [-0.2, -0.15) is 0 Å². The topological polar surface area (TPSA) is 66.4 Å². The van der Waals surface area contributed by atoms with Crippen LogP contribution in [-0.4, -0.2) is 25.9 Å². The van der Waals surface area contributed by atoms with E-state index in [-0.39, 0.29) is 12.4 Å². The molecule has 0 saturated carbocycles. The highest BCUT2D eigenvalue weighted by molar-refractivity contribution is 7.92. The van der Waals surface area contributed by atoms with Crippen molar-refractivity contribution in [1.29, 1.82) is 0 Å². The second-order valence-corrected chi connectivity index (χ2v) is 5.77. The van der Waals surface area contributed by atoms with E-state index in [0.29, 0.717) is 17.7 Å². The maximum Gasteiger partial charge on any atom is 0.232 e. The summed E-state index contributed by atoms with van der Waals surface area (Å²) in [5.74, 6) is 5.32. The molecule has 0 amide bonds. The van der Waals surface area contributed by atoms with Crippen molar-refractivity contribution in [2.75, 3.05) is 17.1 Å². The highest BCUT2D eigenvalue weighted by atomic mass is 32.2. The number of aliphatic hydroxyl groups is 1. The number of hydrogen-bond donors (Lipinski definition) is 2. The smallest absolute Gasteiger partial charge is 0.232 e. The quantitative estimate of drug-likeness (QED) is 0.812. The lowest BCUT2D eigenvalue weighted by atomic mass is 10.1. The third-order valence-corrected chi connectivity index (χ3v) is 3.69. The minimum Gasteiger partial charge on any atom is -0.384 e. The summed E-state index contributed by atoms with van der Waals surface area (Å²) >= 11 is 0. The Bertz CT molecular complexity index is 568. The summed E-state index contributed by atoms with van der Waals surface area (Å²) in [6.45, 7) is 3.43. The molecule has 0 unspecified atom stereocenters. The summed E-state index contributed by atoms with van der Waals surface area (Å²) in [6.07, 6.45) is 0.554. The van der Waals surface area contributed by atoms with E-state index in [0.717, 1.165) is 5.56 Å². The average Bonchev–Trinajstić information content (AvgIpc) is 2.27. The molecule has 0 aliphatic carbocycles. The minimum atomic E-state index is -3.33. The van der Waals surface area contributed by atoms with Gasteiger partial charge < -0.3 is 5.11 Å². The fraction of sp³-hybridized carbons (Fsp3) is 0.385. The first-order valence-corrected chi connectivity index (χ1v) is 7.34. The van der Waals surface area contributed by atoms with Crippen LogP contribution in [0.4, 0.5) is 5.69 Å². The van der Waals surface area contributed by atoms with Crippen LogP contribution in [0.3, 0.4) is 0 Å². The highest BCUT2D eigenvalue weighted by Crippen LogP contribution is 2.18. The third kappa shape index (κ3) is 4.40. The molecule has 1 aromatic carbocycles. The van der Waals surface area contributed by atoms with Gasteiger partial charge in [0.15, 0.2) is 0 Å². The van der Waals surface area contributed by atoms with Gasteiger partial charge in [0.05, 0.1) is 11.4 Å². The lowest BCUT2D eigenvalue weighted by molar-refractivity contribution is 0.350. The van der Waals surface area contributed by atoms with Crippen LogP contribution in [0.1, 0.15) is 24.5 Å². The zero-order valence-corrected chi connectivity index (χ0v) is 11.3. The van der Waals surface area contributed by atoms with E-state index in [9.17, 15) is 8.42 Å². The van der Waals surface area contributed by atoms with Crippen LogP contribution >= 0.6 is 0 Å². The monoisotopic (exact) mass is 267 g/mol. The molecule has 0 atom stereocenters. The van der Waals surface area contributed by atoms with Crippen molar-refractivity contribution < 1.29 is 13.5 Å². The molecular formula is C13H17NO3S. The fourth-order valence-electron chi connectivity index (χ4n) is 1.47. The van der Waals surface area contributed by atoms with Gasteiger partial charge in [0.25, 0.3) is 0 Å². The minimum absolute atomic E-state index is 0.0772. The molecule has 0 radical (unpaired) electrons. The molecule has 0 aliphatic heterocycles. The van der Waals surface area contributed by atoms with Gasteiger partial charge in [-0.1, -0.05) is 24.8 Å². The van der Waals surface area contributed by atoms with E-state index in [4.69, 9.17) is 5.11 Å². The van der Waals surface area contributed by atoms with Crippen LogP contribution in [0.5, 0.6) is 0 Å². The number of hydrogen-bond acceptors (Lipinski definition) is 3. The van der Waals surface area contributed by atoms with Crippen LogP contribution in [0, 0.1) is 18.8 Å². The molecule has 0 aromatic heterocycles. The standard InChI is InChI=1S/C13H17NO3S/c1-3-9-18(16,17)14-13-10-11(2)6-7-12(13)5-4-8-15/h6-7,10,14-15H,3,8-9H2,1-2H3. The first-order valence-electron chi connectivity index (χ1n) is 5.69. The van der Waals surface area contributed by atoms with Gasteiger partial charge in [0.2, 0.25) is 10.0 Å². The molecular weight excluding hydrogens is 250 g/mol. The highest BCUT2D eigenvalue weighted by Gasteiger charge is 2.11. The molecule has 1 rings (SSSR count). The van der Waals surface area contributed by atoms with Gasteiger partial charge in [-0.3, -0.25) is 4.72 Å². The van der Waals surface area contributed by atoms with Crippen molar-refractivity contribution in [1.82, 2.24) is 0 Å². The predicted molar refractivity (Wildman–Crippen MR) is 72.8 cm³/mol. The second-order valence-electron chi connectivity index (χ2n) is 3.93. The van der Waals surface area contributed by atoms with Gasteiger partial charge >= 0.3 is 0 Å². The average molecular weight is 267 g/mol. The molecule has 0 fully saturated rings. The maximum atomic E-state index is 11.7. The number of rotatable bonds is 4. The Morgan fingerprint density at radius 1 is 1.39 bits per heavy atom. The predicted octanol–water partition coefficient (Wildman–Crippen LogP) is 1.49. The van der Waals surface area contributed by atoms with Crippen molar-refractivity contribution in [3.63, 3.8) is 0 Å². The SMILES string of the molecule is CCCS(=O)(=O)Nc1cc(C)ccc1C#CCO. The molecule has 2 N–H and O–H groups in total. The molecule has 0 bridgehead atoms. The van der Waals surface area contributed by atoms with Gasteiger partial charge in [-0.05, 0) is 31.0 Å². The number of sulfonamides is 1. The summed E-state index contributed by atoms with van der Waals surface area (Å²) in [4.78, 5) is 0. The number of benzene rings is 1. The molecule has 0 heterocycles. The van der Waals surface area contributed by atoms with E-state index in [2.05, 4.69) is 16.6 Å². The van der Waals surface area contributed by atoms with Crippen molar-refractivity contribution in [3.8, 4) is 11.8 Å². The molecule has 0 aliphatic rings. The van der Waals surface area contributed by atoms with Crippen LogP contribution in [0.15, 0.2) is 18.2 Å². The zero-order valence-electron chi connectivity index (χ0n) is 10.5. The molecule has 4 nitrogen and oxygen atoms in total. The summed E-state index contributed by atoms with van der Waals surface area (Å²) in [6, 6.07) is 5.31. The Morgan fingerprint density at radius 3 is 2.72 bits per heavy atom. The van der Waals surface area contributed by atoms with E-state index in [1.165, 1.54) is 0 Å². The van der Waals surface area contributed by atoms with Crippen molar-refractivity contribution in [2.45, 2.75) is 20.3 Å². The number of aliphatic hydroxyl groups excluding tert-OH is 1. The maximum absolute atomic E-state index is 11.7. The van der Waals surface area contributed by atoms with Crippen molar-refractivity contribution in [2.24, 2.45) is 0 Å². The normalized spacial score (nSPS) is 10.6. The molecule has 5 heteroatoms. The van der Waals surface area contributed by atoms with Gasteiger partial charge in [-0.25, -0.2) is 8.42 Å².